The molecule has 0 amide bonds. The van der Waals surface area contributed by atoms with Gasteiger partial charge >= 0.3 is 107 Å². The quantitative estimate of drug-likeness (QED) is 0.0318. The van der Waals surface area contributed by atoms with Gasteiger partial charge in [-0.25, -0.2) is 16.9 Å². The van der Waals surface area contributed by atoms with Crippen molar-refractivity contribution in [2.24, 2.45) is 0 Å². The van der Waals surface area contributed by atoms with E-state index < -0.39 is 11.9 Å². The summed E-state index contributed by atoms with van der Waals surface area (Å²) in [6.07, 6.45) is 52.8. The van der Waals surface area contributed by atoms with Gasteiger partial charge in [0.25, 0.3) is 0 Å². The molecule has 74 heavy (non-hydrogen) atoms. The predicted molar refractivity (Wildman–Crippen MR) is 275 cm³/mol. The van der Waals surface area contributed by atoms with E-state index in [1.807, 2.05) is 120 Å². The fraction of sp³-hybridized carbons (Fsp3) is 0.224. The van der Waals surface area contributed by atoms with Crippen molar-refractivity contribution in [1.29, 1.82) is 0 Å². The summed E-state index contributed by atoms with van der Waals surface area (Å²) in [5.41, 5.74) is 7.94. The minimum atomic E-state index is -1.15. The molecular formula is C58H69BrNa3O12-. The number of esters is 1. The Hall–Kier alpha value is -4.95. The van der Waals surface area contributed by atoms with Gasteiger partial charge in [0.15, 0.2) is 0 Å². The molecule has 0 saturated heterocycles. The van der Waals surface area contributed by atoms with Gasteiger partial charge in [-0.15, -0.1) is 13.0 Å². The third-order valence-corrected chi connectivity index (χ3v) is 7.20. The summed E-state index contributed by atoms with van der Waals surface area (Å²) in [5, 5.41) is 21.0. The van der Waals surface area contributed by atoms with E-state index in [1.165, 1.54) is 44.3 Å². The van der Waals surface area contributed by atoms with Crippen LogP contribution < -0.4 is 116 Å². The van der Waals surface area contributed by atoms with Crippen LogP contribution in [0.5, 0.6) is 0 Å². The fourth-order valence-electron chi connectivity index (χ4n) is 3.46. The van der Waals surface area contributed by atoms with Crippen molar-refractivity contribution in [1.82, 2.24) is 0 Å². The molecule has 16 heteroatoms. The Bertz CT molecular complexity index is 2240. The number of halogens is 1. The van der Waals surface area contributed by atoms with Crippen LogP contribution in [0, 0.1) is 6.08 Å². The average Bonchev–Trinajstić information content (AvgIpc) is 3.31. The third kappa shape index (κ3) is 81.1. The first-order valence-electron chi connectivity index (χ1n) is 21.0. The molecule has 0 bridgehead atoms. The monoisotopic (exact) mass is 1110 g/mol. The Morgan fingerprint density at radius 1 is 0.446 bits per heavy atom. The van der Waals surface area contributed by atoms with Crippen LogP contribution >= 0.6 is 0 Å². The average molecular weight is 1110 g/mol. The van der Waals surface area contributed by atoms with Crippen molar-refractivity contribution in [3.8, 4) is 0 Å². The SMILES string of the molecule is C=C/C=C(\C)C(=O)OC.CC(C)=C/C=C/C(C)=C/C=C/C=C(C)/C=C/C=C(\C)C(=O)[O-].C[C-]=C/C=C/C(C)=C/C=C/C=C(C)/C=C/C=C(\C)C(=O)[O-].C\C(C=O)=C/C=C/C=C(\C)C=O.O=C=O.O=C=O.[Br-].[Na+].[Na+].[Na+]. The van der Waals surface area contributed by atoms with Crippen LogP contribution in [0.1, 0.15) is 83.1 Å². The number of ether oxygens (including phenoxy) is 1. The normalized spacial score (nSPS) is 12.3. The molecule has 0 saturated carbocycles. The number of carbonyl (C=O) groups excluding carboxylic acids is 9. The summed E-state index contributed by atoms with van der Waals surface area (Å²) in [7, 11) is 1.35. The number of carboxylic acids is 2. The molecule has 0 rings (SSSR count). The second kappa shape index (κ2) is 70.1. The van der Waals surface area contributed by atoms with Gasteiger partial charge in [-0.1, -0.05) is 174 Å². The van der Waals surface area contributed by atoms with E-state index in [0.29, 0.717) is 16.7 Å². The Labute approximate surface area is 517 Å². The van der Waals surface area contributed by atoms with E-state index in [0.717, 1.165) is 29.3 Å². The van der Waals surface area contributed by atoms with E-state index in [-0.39, 0.29) is 135 Å². The van der Waals surface area contributed by atoms with E-state index in [1.54, 1.807) is 69.4 Å². The Morgan fingerprint density at radius 2 is 0.716 bits per heavy atom. The topological polar surface area (TPSA) is 209 Å². The summed E-state index contributed by atoms with van der Waals surface area (Å²) in [6.45, 7) is 25.5. The second-order valence-electron chi connectivity index (χ2n) is 14.0. The minimum Gasteiger partial charge on any atom is -1.00 e. The molecular weight excluding hydrogens is 1040 g/mol. The number of aliphatic carboxylic acids is 2. The largest absolute Gasteiger partial charge is 1.00 e. The summed E-state index contributed by atoms with van der Waals surface area (Å²) >= 11 is 0. The van der Waals surface area contributed by atoms with Gasteiger partial charge in [0.05, 0.1) is 19.0 Å². The van der Waals surface area contributed by atoms with Crippen molar-refractivity contribution < 1.29 is 164 Å². The van der Waals surface area contributed by atoms with E-state index in [2.05, 4.69) is 43.4 Å². The third-order valence-electron chi connectivity index (χ3n) is 7.20. The summed E-state index contributed by atoms with van der Waals surface area (Å²) < 4.78 is 4.41. The molecule has 0 aromatic rings. The van der Waals surface area contributed by atoms with Crippen LogP contribution in [-0.4, -0.2) is 49.9 Å². The summed E-state index contributed by atoms with van der Waals surface area (Å²) in [4.78, 5) is 84.3. The zero-order valence-electron chi connectivity index (χ0n) is 46.1. The number of carboxylic acid groups (broad SMARTS) is 2. The Balaban J connectivity index is -0.0000000910. The number of hydrogen-bond donors (Lipinski definition) is 0. The van der Waals surface area contributed by atoms with E-state index in [4.69, 9.17) is 19.2 Å². The first-order chi connectivity index (χ1) is 33.0. The number of allylic oxidation sites excluding steroid dienone is 34. The van der Waals surface area contributed by atoms with Gasteiger partial charge in [-0.2, -0.15) is 19.2 Å². The number of methoxy groups -OCH3 is 1. The molecule has 0 aliphatic carbocycles. The summed E-state index contributed by atoms with van der Waals surface area (Å²) in [5.74, 6) is -2.60. The maximum absolute atomic E-state index is 10.6. The number of hydrogen-bond acceptors (Lipinski definition) is 12. The van der Waals surface area contributed by atoms with Crippen LogP contribution in [0.4, 0.5) is 0 Å². The van der Waals surface area contributed by atoms with Gasteiger partial charge in [-0.05, 0) is 98.5 Å². The van der Waals surface area contributed by atoms with Gasteiger partial charge in [0.2, 0.25) is 0 Å². The van der Waals surface area contributed by atoms with Crippen LogP contribution in [-0.2, 0) is 47.9 Å². The first kappa shape index (κ1) is 91.7. The van der Waals surface area contributed by atoms with Crippen LogP contribution in [0.2, 0.25) is 0 Å². The van der Waals surface area contributed by atoms with Crippen LogP contribution in [0.15, 0.2) is 220 Å². The van der Waals surface area contributed by atoms with Crippen molar-refractivity contribution in [2.75, 3.05) is 7.11 Å². The maximum atomic E-state index is 10.6. The van der Waals surface area contributed by atoms with Crippen molar-refractivity contribution in [3.63, 3.8) is 0 Å². The molecule has 0 radical (unpaired) electrons. The molecule has 0 N–H and O–H groups in total. The standard InChI is InChI=1S/C20H26O2.C19H23O2.C10H12O2.C7H10O2.2CO2.BrH.3Na/c1-16(2)10-8-13-17(3)11-6-7-12-18(4)14-9-15-19(5)20(21)22;1-5-6-7-11-16(2)12-8-9-13-17(3)14-10-15-18(4)19(20)21;1-9(7-11)5-3-4-6-10(2)8-12;1-4-5-6(2)7(8)9-3;2*2-1-3;;;;/h6-15H,1-5H3,(H,21,22);6-15H,1-4H3,(H,20,21);3-8H,1-2H3;4-5H,1H2,2-3H3;;;1H;;;/q;-1;;;;;;3*+1/p-3/b7-6+,13-8+,14-9+,17-11+,18-12+,19-15+;9-8+,11-7+,14-10+,16-12+,17-13+,18-15+;4-3+,9-5+,10-6+;6-5+;;;;;;. The smallest absolute Gasteiger partial charge is 1.00 e. The predicted octanol–water partition coefficient (Wildman–Crippen LogP) is -2.19. The van der Waals surface area contributed by atoms with Gasteiger partial charge in [0.1, 0.15) is 12.6 Å². The Morgan fingerprint density at radius 3 is 0.946 bits per heavy atom. The zero-order valence-corrected chi connectivity index (χ0v) is 53.7. The molecule has 0 unspecified atom stereocenters. The van der Waals surface area contributed by atoms with Crippen LogP contribution in [0.3, 0.4) is 0 Å². The second-order valence-corrected chi connectivity index (χ2v) is 14.0. The maximum Gasteiger partial charge on any atom is 1.00 e. The Kier molecular flexibility index (Phi) is 86.9. The number of rotatable bonds is 20. The van der Waals surface area contributed by atoms with E-state index in [9.17, 15) is 34.2 Å². The van der Waals surface area contributed by atoms with Crippen molar-refractivity contribution >= 4 is 42.8 Å². The molecule has 0 atom stereocenters. The summed E-state index contributed by atoms with van der Waals surface area (Å²) in [6, 6.07) is 0. The molecule has 0 aromatic heterocycles. The first-order valence-corrected chi connectivity index (χ1v) is 21.0. The molecule has 0 spiro atoms. The van der Waals surface area contributed by atoms with Crippen LogP contribution in [0.25, 0.3) is 0 Å². The van der Waals surface area contributed by atoms with Gasteiger partial charge in [-0.3, -0.25) is 15.7 Å². The molecule has 0 aliphatic heterocycles. The minimum absolute atomic E-state index is 0. The molecule has 0 fully saturated rings. The van der Waals surface area contributed by atoms with Gasteiger partial charge in [0, 0.05) is 5.57 Å². The fourth-order valence-corrected chi connectivity index (χ4v) is 3.46. The molecule has 384 valence electrons. The zero-order chi connectivity index (χ0) is 55.1. The molecule has 12 nitrogen and oxygen atoms in total. The van der Waals surface area contributed by atoms with Crippen molar-refractivity contribution in [3.05, 3.63) is 226 Å². The molecule has 0 heterocycles. The molecule has 0 aliphatic rings. The van der Waals surface area contributed by atoms with Crippen molar-refractivity contribution in [2.45, 2.75) is 83.1 Å². The van der Waals surface area contributed by atoms with Gasteiger partial charge < -0.3 is 41.5 Å². The number of carbonyl (C=O) groups is 5. The van der Waals surface area contributed by atoms with E-state index >= 15 is 0 Å². The number of aldehydes is 2. The molecule has 0 aromatic carbocycles.